The Balaban J connectivity index is 2.04. The molecule has 5 heteroatoms. The fraction of sp³-hybridized carbons (Fsp3) is 0.833. The topological polar surface area (TPSA) is 51.0 Å². The molecule has 2 heterocycles. The third kappa shape index (κ3) is 3.01. The quantitative estimate of drug-likeness (QED) is 0.896. The van der Waals surface area contributed by atoms with Crippen LogP contribution in [0.1, 0.15) is 56.0 Å². The molecule has 0 spiro atoms. The molecule has 0 saturated carbocycles. The van der Waals surface area contributed by atoms with Crippen LogP contribution in [0.3, 0.4) is 0 Å². The molecule has 0 bridgehead atoms. The Morgan fingerprint density at radius 1 is 1.41 bits per heavy atom. The monoisotopic (exact) mass is 255 g/mol. The van der Waals surface area contributed by atoms with Crippen LogP contribution in [0, 0.1) is 0 Å². The molecule has 1 aliphatic rings. The molecule has 1 aliphatic heterocycles. The van der Waals surface area contributed by atoms with E-state index < -0.39 is 0 Å². The Hall–Kier alpha value is -0.550. The highest BCUT2D eigenvalue weighted by Crippen LogP contribution is 2.37. The van der Waals surface area contributed by atoms with Crippen LogP contribution in [0.15, 0.2) is 4.52 Å². The van der Waals surface area contributed by atoms with Gasteiger partial charge in [0.25, 0.3) is 0 Å². The zero-order chi connectivity index (χ0) is 12.3. The van der Waals surface area contributed by atoms with Crippen molar-refractivity contribution in [3.8, 4) is 0 Å². The summed E-state index contributed by atoms with van der Waals surface area (Å²) in [6, 6.07) is 0.349. The second-order valence-electron chi connectivity index (χ2n) is 4.71. The number of nitrogens with one attached hydrogen (secondary N) is 1. The molecule has 4 nitrogen and oxygen atoms in total. The molecule has 0 aliphatic carbocycles. The minimum atomic E-state index is 0.259. The van der Waals surface area contributed by atoms with Gasteiger partial charge in [-0.05, 0) is 32.6 Å². The summed E-state index contributed by atoms with van der Waals surface area (Å²) in [6.07, 6.45) is 3.78. The highest BCUT2D eigenvalue weighted by atomic mass is 32.2. The van der Waals surface area contributed by atoms with E-state index in [1.165, 1.54) is 25.0 Å². The minimum Gasteiger partial charge on any atom is -0.339 e. The van der Waals surface area contributed by atoms with Gasteiger partial charge in [0.05, 0.1) is 11.2 Å². The molecule has 1 N–H and O–H groups in total. The van der Waals surface area contributed by atoms with E-state index in [0.29, 0.717) is 11.3 Å². The van der Waals surface area contributed by atoms with Gasteiger partial charge in [-0.1, -0.05) is 18.5 Å². The summed E-state index contributed by atoms with van der Waals surface area (Å²) in [5, 5.41) is 7.80. The first-order valence-corrected chi connectivity index (χ1v) is 7.39. The van der Waals surface area contributed by atoms with Crippen LogP contribution >= 0.6 is 11.8 Å². The lowest BCUT2D eigenvalue weighted by Crippen LogP contribution is -2.27. The third-order valence-corrected chi connectivity index (χ3v) is 4.89. The largest absolute Gasteiger partial charge is 0.339 e. The Morgan fingerprint density at radius 3 is 2.88 bits per heavy atom. The van der Waals surface area contributed by atoms with Gasteiger partial charge in [-0.15, -0.1) is 0 Å². The predicted octanol–water partition coefficient (Wildman–Crippen LogP) is 2.74. The molecule has 0 radical (unpaired) electrons. The molecule has 17 heavy (non-hydrogen) atoms. The molecular formula is C12H21N3OS. The SMILES string of the molecule is CNC(C)C(C)c1nc(C2CCCCS2)no1. The molecule has 96 valence electrons. The van der Waals surface area contributed by atoms with Gasteiger partial charge in [-0.25, -0.2) is 0 Å². The molecule has 1 aromatic rings. The summed E-state index contributed by atoms with van der Waals surface area (Å²) in [4.78, 5) is 4.56. The van der Waals surface area contributed by atoms with Crippen LogP contribution < -0.4 is 5.32 Å². The van der Waals surface area contributed by atoms with Gasteiger partial charge in [0.15, 0.2) is 5.82 Å². The second-order valence-corrected chi connectivity index (χ2v) is 6.02. The van der Waals surface area contributed by atoms with E-state index in [0.717, 1.165) is 11.7 Å². The van der Waals surface area contributed by atoms with Gasteiger partial charge in [0, 0.05) is 6.04 Å². The number of thioether (sulfide) groups is 1. The first-order valence-electron chi connectivity index (χ1n) is 6.34. The van der Waals surface area contributed by atoms with Crippen molar-refractivity contribution in [1.29, 1.82) is 0 Å². The third-order valence-electron chi connectivity index (χ3n) is 3.52. The molecule has 3 atom stereocenters. The molecule has 0 amide bonds. The number of hydrogen-bond acceptors (Lipinski definition) is 5. The highest BCUT2D eigenvalue weighted by Gasteiger charge is 2.24. The fourth-order valence-corrected chi connectivity index (χ4v) is 3.20. The van der Waals surface area contributed by atoms with E-state index in [-0.39, 0.29) is 5.92 Å². The molecule has 1 aromatic heterocycles. The maximum absolute atomic E-state index is 5.39. The number of aromatic nitrogens is 2. The van der Waals surface area contributed by atoms with E-state index in [1.807, 2.05) is 18.8 Å². The summed E-state index contributed by atoms with van der Waals surface area (Å²) < 4.78 is 5.39. The minimum absolute atomic E-state index is 0.259. The van der Waals surface area contributed by atoms with Gasteiger partial charge < -0.3 is 9.84 Å². The van der Waals surface area contributed by atoms with E-state index in [9.17, 15) is 0 Å². The van der Waals surface area contributed by atoms with Crippen LogP contribution in [0.25, 0.3) is 0 Å². The van der Waals surface area contributed by atoms with Crippen molar-refractivity contribution >= 4 is 11.8 Å². The number of hydrogen-bond donors (Lipinski definition) is 1. The van der Waals surface area contributed by atoms with E-state index >= 15 is 0 Å². The number of likely N-dealkylation sites (N-methyl/N-ethyl adjacent to an activating group) is 1. The summed E-state index contributed by atoms with van der Waals surface area (Å²) in [5.41, 5.74) is 0. The van der Waals surface area contributed by atoms with Crippen molar-refractivity contribution in [3.05, 3.63) is 11.7 Å². The smallest absolute Gasteiger partial charge is 0.231 e. The predicted molar refractivity (Wildman–Crippen MR) is 70.3 cm³/mol. The summed E-state index contributed by atoms with van der Waals surface area (Å²) in [5.74, 6) is 3.12. The van der Waals surface area contributed by atoms with Crippen molar-refractivity contribution < 1.29 is 4.52 Å². The highest BCUT2D eigenvalue weighted by molar-refractivity contribution is 7.99. The standard InChI is InChI=1S/C12H21N3OS/c1-8(9(2)13-3)12-14-11(15-16-12)10-6-4-5-7-17-10/h8-10,13H,4-7H2,1-3H3. The fourth-order valence-electron chi connectivity index (χ4n) is 1.97. The first kappa shape index (κ1) is 12.9. The van der Waals surface area contributed by atoms with Crippen molar-refractivity contribution in [2.75, 3.05) is 12.8 Å². The van der Waals surface area contributed by atoms with Gasteiger partial charge in [0.2, 0.25) is 5.89 Å². The van der Waals surface area contributed by atoms with Gasteiger partial charge in [0.1, 0.15) is 0 Å². The average Bonchev–Trinajstić information content (AvgIpc) is 2.87. The Labute approximate surface area is 107 Å². The zero-order valence-corrected chi connectivity index (χ0v) is 11.6. The lowest BCUT2D eigenvalue weighted by molar-refractivity contribution is 0.332. The van der Waals surface area contributed by atoms with Gasteiger partial charge >= 0.3 is 0 Å². The van der Waals surface area contributed by atoms with Gasteiger partial charge in [-0.2, -0.15) is 16.7 Å². The van der Waals surface area contributed by atoms with Crippen molar-refractivity contribution in [2.45, 2.75) is 50.3 Å². The summed E-state index contributed by atoms with van der Waals surface area (Å²) in [6.45, 7) is 4.25. The second kappa shape index (κ2) is 5.87. The maximum atomic E-state index is 5.39. The van der Waals surface area contributed by atoms with Crippen LogP contribution in [-0.2, 0) is 0 Å². The van der Waals surface area contributed by atoms with Crippen molar-refractivity contribution in [3.63, 3.8) is 0 Å². The first-order chi connectivity index (χ1) is 8.22. The summed E-state index contributed by atoms with van der Waals surface area (Å²) >= 11 is 1.95. The van der Waals surface area contributed by atoms with Crippen LogP contribution in [-0.4, -0.2) is 29.0 Å². The molecule has 1 fully saturated rings. The van der Waals surface area contributed by atoms with Crippen LogP contribution in [0.2, 0.25) is 0 Å². The molecule has 2 rings (SSSR count). The molecule has 1 saturated heterocycles. The normalized spacial score (nSPS) is 24.5. The van der Waals surface area contributed by atoms with E-state index in [4.69, 9.17) is 4.52 Å². The lowest BCUT2D eigenvalue weighted by atomic mass is 10.0. The Morgan fingerprint density at radius 2 is 2.24 bits per heavy atom. The Bertz CT molecular complexity index is 333. The average molecular weight is 255 g/mol. The lowest BCUT2D eigenvalue weighted by Gasteiger charge is -2.17. The zero-order valence-electron chi connectivity index (χ0n) is 10.8. The Kier molecular flexibility index (Phi) is 4.45. The molecule has 3 unspecified atom stereocenters. The maximum Gasteiger partial charge on any atom is 0.231 e. The van der Waals surface area contributed by atoms with Crippen LogP contribution in [0.5, 0.6) is 0 Å². The number of nitrogens with zero attached hydrogens (tertiary/aromatic N) is 2. The number of rotatable bonds is 4. The summed E-state index contributed by atoms with van der Waals surface area (Å²) in [7, 11) is 1.95. The van der Waals surface area contributed by atoms with Gasteiger partial charge in [-0.3, -0.25) is 0 Å². The molecular weight excluding hydrogens is 234 g/mol. The van der Waals surface area contributed by atoms with E-state index in [2.05, 4.69) is 29.3 Å². The van der Waals surface area contributed by atoms with Crippen LogP contribution in [0.4, 0.5) is 0 Å². The van der Waals surface area contributed by atoms with Crippen molar-refractivity contribution in [1.82, 2.24) is 15.5 Å². The van der Waals surface area contributed by atoms with Crippen molar-refractivity contribution in [2.24, 2.45) is 0 Å². The van der Waals surface area contributed by atoms with E-state index in [1.54, 1.807) is 0 Å². The molecule has 0 aromatic carbocycles.